The molecule has 1 aromatic carbocycles. The molecule has 0 amide bonds. The second-order valence-corrected chi connectivity index (χ2v) is 4.66. The minimum Gasteiger partial charge on any atom is -0.330 e. The fraction of sp³-hybridized carbons (Fsp3) is 0.538. The minimum absolute atomic E-state index is 0.633. The zero-order chi connectivity index (χ0) is 10.1. The molecule has 1 heteroatoms. The Bertz CT molecular complexity index is 300. The lowest BCUT2D eigenvalue weighted by atomic mass is 10.00. The Morgan fingerprint density at radius 1 is 1.29 bits per heavy atom. The molecule has 1 saturated carbocycles. The highest BCUT2D eigenvalue weighted by atomic mass is 14.6. The Kier molecular flexibility index (Phi) is 2.60. The molecule has 2 atom stereocenters. The van der Waals surface area contributed by atoms with Crippen LogP contribution in [0.2, 0.25) is 0 Å². The first-order valence-corrected chi connectivity index (χ1v) is 5.52. The fourth-order valence-electron chi connectivity index (χ4n) is 2.04. The molecular formula is C13H19N. The van der Waals surface area contributed by atoms with Gasteiger partial charge in [-0.3, -0.25) is 0 Å². The highest BCUT2D eigenvalue weighted by Gasteiger charge is 2.36. The molecule has 1 aliphatic rings. The maximum atomic E-state index is 5.64. The van der Waals surface area contributed by atoms with E-state index in [-0.39, 0.29) is 0 Å². The first-order valence-electron chi connectivity index (χ1n) is 5.52. The van der Waals surface area contributed by atoms with E-state index in [2.05, 4.69) is 38.1 Å². The lowest BCUT2D eigenvalue weighted by molar-refractivity contribution is 0.808. The maximum absolute atomic E-state index is 5.64. The van der Waals surface area contributed by atoms with Crippen LogP contribution in [0.1, 0.15) is 43.2 Å². The van der Waals surface area contributed by atoms with Crippen molar-refractivity contribution in [1.29, 1.82) is 0 Å². The Labute approximate surface area is 86.3 Å². The summed E-state index contributed by atoms with van der Waals surface area (Å²) in [6.07, 6.45) is 1.29. The maximum Gasteiger partial charge on any atom is -0.00428 e. The Balaban J connectivity index is 2.08. The zero-order valence-corrected chi connectivity index (χ0v) is 9.03. The molecule has 0 radical (unpaired) electrons. The van der Waals surface area contributed by atoms with Gasteiger partial charge in [0.05, 0.1) is 0 Å². The molecule has 1 nitrogen and oxygen atoms in total. The van der Waals surface area contributed by atoms with Crippen molar-refractivity contribution < 1.29 is 0 Å². The highest BCUT2D eigenvalue weighted by molar-refractivity contribution is 5.30. The van der Waals surface area contributed by atoms with Crippen LogP contribution in [0.15, 0.2) is 24.3 Å². The molecule has 1 fully saturated rings. The predicted molar refractivity (Wildman–Crippen MR) is 60.4 cm³/mol. The van der Waals surface area contributed by atoms with Crippen LogP contribution in [0.25, 0.3) is 0 Å². The largest absolute Gasteiger partial charge is 0.330 e. The quantitative estimate of drug-likeness (QED) is 0.777. The lowest BCUT2D eigenvalue weighted by Gasteiger charge is -2.06. The monoisotopic (exact) mass is 189 g/mol. The van der Waals surface area contributed by atoms with Gasteiger partial charge in [-0.2, -0.15) is 0 Å². The van der Waals surface area contributed by atoms with Gasteiger partial charge in [0.1, 0.15) is 0 Å². The summed E-state index contributed by atoms with van der Waals surface area (Å²) in [7, 11) is 0. The van der Waals surface area contributed by atoms with E-state index < -0.39 is 0 Å². The molecule has 0 spiro atoms. The molecule has 0 heterocycles. The molecular weight excluding hydrogens is 170 g/mol. The van der Waals surface area contributed by atoms with Gasteiger partial charge in [0.15, 0.2) is 0 Å². The van der Waals surface area contributed by atoms with Gasteiger partial charge in [-0.05, 0) is 41.8 Å². The fourth-order valence-corrected chi connectivity index (χ4v) is 2.04. The number of benzene rings is 1. The van der Waals surface area contributed by atoms with Gasteiger partial charge in [0.25, 0.3) is 0 Å². The summed E-state index contributed by atoms with van der Waals surface area (Å²) >= 11 is 0. The van der Waals surface area contributed by atoms with E-state index in [1.807, 2.05) is 0 Å². The van der Waals surface area contributed by atoms with Crippen LogP contribution >= 0.6 is 0 Å². The summed E-state index contributed by atoms with van der Waals surface area (Å²) in [5.74, 6) is 2.13. The van der Waals surface area contributed by atoms with Gasteiger partial charge in [-0.15, -0.1) is 0 Å². The SMILES string of the molecule is CC(C)c1ccc([C@H]2C[C@H]2CN)cc1. The molecule has 0 bridgehead atoms. The summed E-state index contributed by atoms with van der Waals surface area (Å²) in [6, 6.07) is 9.06. The first kappa shape index (κ1) is 9.72. The van der Waals surface area contributed by atoms with Crippen molar-refractivity contribution in [2.45, 2.75) is 32.1 Å². The van der Waals surface area contributed by atoms with Crippen molar-refractivity contribution >= 4 is 0 Å². The van der Waals surface area contributed by atoms with Crippen LogP contribution in [0.4, 0.5) is 0 Å². The van der Waals surface area contributed by atoms with E-state index >= 15 is 0 Å². The molecule has 0 aliphatic heterocycles. The number of hydrogen-bond acceptors (Lipinski definition) is 1. The van der Waals surface area contributed by atoms with Gasteiger partial charge in [-0.1, -0.05) is 38.1 Å². The van der Waals surface area contributed by atoms with Gasteiger partial charge in [-0.25, -0.2) is 0 Å². The molecule has 76 valence electrons. The molecule has 0 aromatic heterocycles. The van der Waals surface area contributed by atoms with Crippen LogP contribution in [0.3, 0.4) is 0 Å². The third-order valence-electron chi connectivity index (χ3n) is 3.26. The molecule has 2 N–H and O–H groups in total. The summed E-state index contributed by atoms with van der Waals surface area (Å²) in [4.78, 5) is 0. The molecule has 0 saturated heterocycles. The second kappa shape index (κ2) is 3.74. The van der Waals surface area contributed by atoms with Crippen LogP contribution in [0, 0.1) is 5.92 Å². The number of rotatable bonds is 3. The number of hydrogen-bond donors (Lipinski definition) is 1. The van der Waals surface area contributed by atoms with E-state index in [0.717, 1.165) is 18.4 Å². The van der Waals surface area contributed by atoms with Crippen molar-refractivity contribution in [3.63, 3.8) is 0 Å². The van der Waals surface area contributed by atoms with Gasteiger partial charge >= 0.3 is 0 Å². The normalized spacial score (nSPS) is 25.4. The van der Waals surface area contributed by atoms with Crippen LogP contribution in [-0.4, -0.2) is 6.54 Å². The third kappa shape index (κ3) is 1.83. The van der Waals surface area contributed by atoms with Crippen molar-refractivity contribution in [3.05, 3.63) is 35.4 Å². The average Bonchev–Trinajstić information content (AvgIpc) is 2.97. The summed E-state index contributed by atoms with van der Waals surface area (Å²) in [6.45, 7) is 5.31. The van der Waals surface area contributed by atoms with Crippen molar-refractivity contribution in [3.8, 4) is 0 Å². The zero-order valence-electron chi connectivity index (χ0n) is 9.03. The smallest absolute Gasteiger partial charge is 0.00428 e. The van der Waals surface area contributed by atoms with Crippen molar-refractivity contribution in [2.75, 3.05) is 6.54 Å². The Morgan fingerprint density at radius 3 is 2.36 bits per heavy atom. The van der Waals surface area contributed by atoms with Gasteiger partial charge < -0.3 is 5.73 Å². The topological polar surface area (TPSA) is 26.0 Å². The standard InChI is InChI=1S/C13H19N/c1-9(2)10-3-5-11(6-4-10)13-7-12(13)8-14/h3-6,9,12-13H,7-8,14H2,1-2H3/t12-,13+/m0/s1. The van der Waals surface area contributed by atoms with E-state index in [1.54, 1.807) is 0 Å². The number of nitrogens with two attached hydrogens (primary N) is 1. The summed E-state index contributed by atoms with van der Waals surface area (Å²) < 4.78 is 0. The first-order chi connectivity index (χ1) is 6.72. The highest BCUT2D eigenvalue weighted by Crippen LogP contribution is 2.46. The van der Waals surface area contributed by atoms with Crippen molar-refractivity contribution in [2.24, 2.45) is 11.7 Å². The summed E-state index contributed by atoms with van der Waals surface area (Å²) in [5, 5.41) is 0. The van der Waals surface area contributed by atoms with Crippen LogP contribution in [-0.2, 0) is 0 Å². The minimum atomic E-state index is 0.633. The van der Waals surface area contributed by atoms with Gasteiger partial charge in [0, 0.05) is 0 Å². The third-order valence-corrected chi connectivity index (χ3v) is 3.26. The second-order valence-electron chi connectivity index (χ2n) is 4.66. The van der Waals surface area contributed by atoms with Crippen molar-refractivity contribution in [1.82, 2.24) is 0 Å². The molecule has 2 rings (SSSR count). The van der Waals surface area contributed by atoms with Gasteiger partial charge in [0.2, 0.25) is 0 Å². The Morgan fingerprint density at radius 2 is 1.93 bits per heavy atom. The lowest BCUT2D eigenvalue weighted by Crippen LogP contribution is -2.01. The molecule has 1 aromatic rings. The van der Waals surface area contributed by atoms with E-state index in [1.165, 1.54) is 17.5 Å². The molecule has 1 aliphatic carbocycles. The van der Waals surface area contributed by atoms with Crippen LogP contribution < -0.4 is 5.73 Å². The molecule has 0 unspecified atom stereocenters. The summed E-state index contributed by atoms with van der Waals surface area (Å²) in [5.41, 5.74) is 8.55. The van der Waals surface area contributed by atoms with E-state index in [0.29, 0.717) is 5.92 Å². The van der Waals surface area contributed by atoms with E-state index in [9.17, 15) is 0 Å². The molecule has 14 heavy (non-hydrogen) atoms. The predicted octanol–water partition coefficient (Wildman–Crippen LogP) is 2.87. The Hall–Kier alpha value is -0.820. The van der Waals surface area contributed by atoms with E-state index in [4.69, 9.17) is 5.73 Å². The average molecular weight is 189 g/mol. The van der Waals surface area contributed by atoms with Crippen LogP contribution in [0.5, 0.6) is 0 Å².